The highest BCUT2D eigenvalue weighted by Gasteiger charge is 2.32. The number of nitrogens with one attached hydrogen (secondary N) is 1. The van der Waals surface area contributed by atoms with E-state index in [4.69, 9.17) is 0 Å². The topological polar surface area (TPSA) is 73.2 Å². The smallest absolute Gasteiger partial charge is 0.433 e. The van der Waals surface area contributed by atoms with Gasteiger partial charge in [0.1, 0.15) is 5.69 Å². The van der Waals surface area contributed by atoms with E-state index in [1.54, 1.807) is 0 Å². The first kappa shape index (κ1) is 16.5. The molecule has 0 aliphatic rings. The molecule has 2 aromatic heterocycles. The molecule has 0 aromatic carbocycles. The van der Waals surface area contributed by atoms with Crippen LogP contribution in [0, 0.1) is 0 Å². The van der Waals surface area contributed by atoms with Crippen molar-refractivity contribution in [1.29, 1.82) is 0 Å². The number of rotatable bonds is 3. The molecule has 0 bridgehead atoms. The Hall–Kier alpha value is -2.84. The van der Waals surface area contributed by atoms with Gasteiger partial charge in [-0.2, -0.15) is 13.2 Å². The molecule has 0 aliphatic heterocycles. The standard InChI is InChI=1S/C14H12F3N3O3/c1-23-13(22)19-8-9-3-5-20(12(21)6-9)10-2-4-18-11(7-10)14(15,16)17/h2-7H,8H2,1H3,(H,19,22). The van der Waals surface area contributed by atoms with Crippen LogP contribution in [0.4, 0.5) is 18.0 Å². The lowest BCUT2D eigenvalue weighted by Gasteiger charge is -2.10. The third-order valence-corrected chi connectivity index (χ3v) is 2.92. The number of hydrogen-bond donors (Lipinski definition) is 1. The third-order valence-electron chi connectivity index (χ3n) is 2.92. The molecule has 2 heterocycles. The number of ether oxygens (including phenoxy) is 1. The van der Waals surface area contributed by atoms with Crippen LogP contribution in [-0.4, -0.2) is 22.8 Å². The van der Waals surface area contributed by atoms with E-state index < -0.39 is 23.5 Å². The predicted molar refractivity (Wildman–Crippen MR) is 74.1 cm³/mol. The van der Waals surface area contributed by atoms with E-state index in [0.29, 0.717) is 5.56 Å². The van der Waals surface area contributed by atoms with Gasteiger partial charge < -0.3 is 10.1 Å². The molecule has 2 rings (SSSR count). The van der Waals surface area contributed by atoms with Crippen molar-refractivity contribution in [3.05, 3.63) is 58.3 Å². The molecule has 0 fully saturated rings. The van der Waals surface area contributed by atoms with Gasteiger partial charge in [-0.05, 0) is 23.8 Å². The number of amides is 1. The number of alkyl carbamates (subject to hydrolysis) is 1. The fourth-order valence-electron chi connectivity index (χ4n) is 1.81. The van der Waals surface area contributed by atoms with Crippen LogP contribution >= 0.6 is 0 Å². The summed E-state index contributed by atoms with van der Waals surface area (Å²) < 4.78 is 43.4. The summed E-state index contributed by atoms with van der Waals surface area (Å²) in [5.41, 5.74) is -1.08. The van der Waals surface area contributed by atoms with Gasteiger partial charge in [0, 0.05) is 25.0 Å². The Morgan fingerprint density at radius 2 is 2.09 bits per heavy atom. The van der Waals surface area contributed by atoms with Crippen molar-refractivity contribution >= 4 is 6.09 Å². The summed E-state index contributed by atoms with van der Waals surface area (Å²) in [6, 6.07) is 4.80. The quantitative estimate of drug-likeness (QED) is 0.937. The van der Waals surface area contributed by atoms with Crippen LogP contribution in [0.5, 0.6) is 0 Å². The third kappa shape index (κ3) is 4.09. The van der Waals surface area contributed by atoms with Gasteiger partial charge in [0.2, 0.25) is 0 Å². The Morgan fingerprint density at radius 3 is 2.70 bits per heavy atom. The second-order valence-electron chi connectivity index (χ2n) is 4.49. The Labute approximate surface area is 128 Å². The molecule has 23 heavy (non-hydrogen) atoms. The summed E-state index contributed by atoms with van der Waals surface area (Å²) in [5, 5.41) is 2.40. The van der Waals surface area contributed by atoms with Crippen molar-refractivity contribution in [2.45, 2.75) is 12.7 Å². The van der Waals surface area contributed by atoms with Crippen molar-refractivity contribution in [2.24, 2.45) is 0 Å². The number of carbonyl (C=O) groups is 1. The number of hydrogen-bond acceptors (Lipinski definition) is 4. The van der Waals surface area contributed by atoms with Crippen LogP contribution in [0.1, 0.15) is 11.3 Å². The van der Waals surface area contributed by atoms with Crippen molar-refractivity contribution in [3.63, 3.8) is 0 Å². The molecule has 0 unspecified atom stereocenters. The minimum Gasteiger partial charge on any atom is -0.453 e. The van der Waals surface area contributed by atoms with Gasteiger partial charge in [0.25, 0.3) is 5.56 Å². The number of nitrogens with zero attached hydrogens (tertiary/aromatic N) is 2. The predicted octanol–water partition coefficient (Wildman–Crippen LogP) is 2.11. The van der Waals surface area contributed by atoms with Crippen LogP contribution in [0.2, 0.25) is 0 Å². The summed E-state index contributed by atoms with van der Waals surface area (Å²) in [5.74, 6) is 0. The summed E-state index contributed by atoms with van der Waals surface area (Å²) in [6.45, 7) is 0.0624. The van der Waals surface area contributed by atoms with Crippen LogP contribution in [0.15, 0.2) is 41.5 Å². The van der Waals surface area contributed by atoms with Gasteiger partial charge in [-0.25, -0.2) is 4.79 Å². The van der Waals surface area contributed by atoms with E-state index in [2.05, 4.69) is 15.0 Å². The number of alkyl halides is 3. The largest absolute Gasteiger partial charge is 0.453 e. The van der Waals surface area contributed by atoms with Gasteiger partial charge in [0.05, 0.1) is 12.8 Å². The van der Waals surface area contributed by atoms with Gasteiger partial charge >= 0.3 is 12.3 Å². The zero-order chi connectivity index (χ0) is 17.0. The maximum Gasteiger partial charge on any atom is 0.433 e. The lowest BCUT2D eigenvalue weighted by molar-refractivity contribution is -0.141. The van der Waals surface area contributed by atoms with Crippen LogP contribution in [-0.2, 0) is 17.5 Å². The second-order valence-corrected chi connectivity index (χ2v) is 4.49. The van der Waals surface area contributed by atoms with Crippen molar-refractivity contribution in [2.75, 3.05) is 7.11 Å². The Bertz CT molecular complexity index is 772. The second kappa shape index (κ2) is 6.51. The number of carbonyl (C=O) groups excluding carboxylic acids is 1. The highest BCUT2D eigenvalue weighted by Crippen LogP contribution is 2.28. The zero-order valence-electron chi connectivity index (χ0n) is 11.9. The van der Waals surface area contributed by atoms with E-state index in [1.807, 2.05) is 0 Å². The highest BCUT2D eigenvalue weighted by atomic mass is 19.4. The molecule has 1 N–H and O–H groups in total. The average molecular weight is 327 g/mol. The van der Waals surface area contributed by atoms with Crippen molar-refractivity contribution < 1.29 is 22.7 Å². The summed E-state index contributed by atoms with van der Waals surface area (Å²) in [4.78, 5) is 26.2. The maximum atomic E-state index is 12.7. The summed E-state index contributed by atoms with van der Waals surface area (Å²) in [6.07, 6.45) is -2.94. The van der Waals surface area contributed by atoms with Gasteiger partial charge in [-0.3, -0.25) is 14.3 Å². The molecular weight excluding hydrogens is 315 g/mol. The van der Waals surface area contributed by atoms with Gasteiger partial charge in [-0.1, -0.05) is 0 Å². The van der Waals surface area contributed by atoms with Gasteiger partial charge in [-0.15, -0.1) is 0 Å². The minimum atomic E-state index is -4.59. The minimum absolute atomic E-state index is 0.0461. The summed E-state index contributed by atoms with van der Waals surface area (Å²) >= 11 is 0. The monoisotopic (exact) mass is 327 g/mol. The molecule has 1 amide bonds. The first-order chi connectivity index (χ1) is 10.8. The Morgan fingerprint density at radius 1 is 1.35 bits per heavy atom. The van der Waals surface area contributed by atoms with E-state index in [0.717, 1.165) is 16.8 Å². The number of halogens is 3. The molecule has 0 atom stereocenters. The molecule has 0 aliphatic carbocycles. The zero-order valence-corrected chi connectivity index (χ0v) is 11.9. The van der Waals surface area contributed by atoms with Crippen LogP contribution in [0.25, 0.3) is 5.69 Å². The molecular formula is C14H12F3N3O3. The average Bonchev–Trinajstić information content (AvgIpc) is 2.52. The highest BCUT2D eigenvalue weighted by molar-refractivity contribution is 5.66. The first-order valence-electron chi connectivity index (χ1n) is 6.38. The Balaban J connectivity index is 2.28. The van der Waals surface area contributed by atoms with Crippen molar-refractivity contribution in [3.8, 4) is 5.69 Å². The van der Waals surface area contributed by atoms with Crippen LogP contribution in [0.3, 0.4) is 0 Å². The molecule has 0 spiro atoms. The first-order valence-corrected chi connectivity index (χ1v) is 6.38. The molecule has 9 heteroatoms. The SMILES string of the molecule is COC(=O)NCc1ccn(-c2ccnc(C(F)(F)F)c2)c(=O)c1. The molecule has 122 valence electrons. The molecule has 6 nitrogen and oxygen atoms in total. The lowest BCUT2D eigenvalue weighted by atomic mass is 10.2. The molecule has 0 saturated heterocycles. The number of methoxy groups -OCH3 is 1. The lowest BCUT2D eigenvalue weighted by Crippen LogP contribution is -2.24. The van der Waals surface area contributed by atoms with E-state index in [9.17, 15) is 22.8 Å². The van der Waals surface area contributed by atoms with Crippen LogP contribution < -0.4 is 10.9 Å². The molecule has 0 saturated carbocycles. The fraction of sp³-hybridized carbons (Fsp3) is 0.214. The Kier molecular flexibility index (Phi) is 4.68. The van der Waals surface area contributed by atoms with Crippen molar-refractivity contribution in [1.82, 2.24) is 14.9 Å². The maximum absolute atomic E-state index is 12.7. The van der Waals surface area contributed by atoms with Gasteiger partial charge in [0.15, 0.2) is 0 Å². The molecule has 0 radical (unpaired) electrons. The number of aromatic nitrogens is 2. The van der Waals surface area contributed by atoms with E-state index >= 15 is 0 Å². The number of pyridine rings is 2. The normalized spacial score (nSPS) is 11.1. The summed E-state index contributed by atoms with van der Waals surface area (Å²) in [7, 11) is 1.20. The fourth-order valence-corrected chi connectivity index (χ4v) is 1.81. The van der Waals surface area contributed by atoms with E-state index in [1.165, 1.54) is 31.5 Å². The molecule has 2 aromatic rings. The van der Waals surface area contributed by atoms with E-state index in [-0.39, 0.29) is 12.2 Å².